The molecule has 1 amide bonds. The van der Waals surface area contributed by atoms with Crippen LogP contribution in [0.4, 0.5) is 5.13 Å². The highest BCUT2D eigenvalue weighted by Crippen LogP contribution is 2.31. The summed E-state index contributed by atoms with van der Waals surface area (Å²) in [5, 5.41) is 0.659. The molecule has 0 unspecified atom stereocenters. The number of hydrogen-bond donors (Lipinski definition) is 0. The fourth-order valence-electron chi connectivity index (χ4n) is 3.48. The fraction of sp³-hybridized carbons (Fsp3) is 0.120. The molecule has 2 aromatic heterocycles. The Morgan fingerprint density at radius 3 is 2.45 bits per heavy atom. The lowest BCUT2D eigenvalue weighted by Gasteiger charge is -2.19. The van der Waals surface area contributed by atoms with Crippen molar-refractivity contribution in [2.24, 2.45) is 0 Å². The molecular weight excluding hydrogens is 404 g/mol. The highest BCUT2D eigenvalue weighted by atomic mass is 32.1. The molecule has 0 aliphatic carbocycles. The molecule has 5 aromatic rings. The summed E-state index contributed by atoms with van der Waals surface area (Å²) in [6.45, 7) is 2.54. The van der Waals surface area contributed by atoms with E-state index in [-0.39, 0.29) is 5.91 Å². The molecule has 5 rings (SSSR count). The minimum atomic E-state index is -0.211. The molecule has 5 nitrogen and oxygen atoms in total. The van der Waals surface area contributed by atoms with Crippen molar-refractivity contribution in [1.82, 2.24) is 15.0 Å². The van der Waals surface area contributed by atoms with Gasteiger partial charge in [0.25, 0.3) is 5.91 Å². The Bertz CT molecular complexity index is 1380. The van der Waals surface area contributed by atoms with Crippen LogP contribution in [0.3, 0.4) is 0 Å². The van der Waals surface area contributed by atoms with Gasteiger partial charge in [-0.05, 0) is 41.8 Å². The van der Waals surface area contributed by atoms with Gasteiger partial charge < -0.3 is 0 Å². The second kappa shape index (κ2) is 8.24. The monoisotopic (exact) mass is 424 g/mol. The molecule has 6 heteroatoms. The molecule has 0 N–H and O–H groups in total. The number of para-hydroxylation sites is 2. The summed E-state index contributed by atoms with van der Waals surface area (Å²) in [6, 6.07) is 23.7. The quantitative estimate of drug-likeness (QED) is 0.366. The lowest BCUT2D eigenvalue weighted by Crippen LogP contribution is -2.31. The number of carbonyl (C=O) groups excluding carboxylic acids is 1. The number of hydrogen-bond acceptors (Lipinski definition) is 5. The van der Waals surface area contributed by atoms with Gasteiger partial charge in [-0.15, -0.1) is 0 Å². The molecule has 0 fully saturated rings. The Labute approximate surface area is 184 Å². The Morgan fingerprint density at radius 1 is 0.871 bits per heavy atom. The van der Waals surface area contributed by atoms with Crippen molar-refractivity contribution in [2.45, 2.75) is 19.9 Å². The highest BCUT2D eigenvalue weighted by molar-refractivity contribution is 7.22. The molecular formula is C25H20N4OS. The van der Waals surface area contributed by atoms with Crippen LogP contribution in [-0.2, 0) is 13.0 Å². The molecule has 0 saturated carbocycles. The second-order valence-electron chi connectivity index (χ2n) is 7.27. The Kier molecular flexibility index (Phi) is 5.14. The van der Waals surface area contributed by atoms with Crippen molar-refractivity contribution in [2.75, 3.05) is 4.90 Å². The van der Waals surface area contributed by atoms with Crippen LogP contribution in [0.15, 0.2) is 79.0 Å². The van der Waals surface area contributed by atoms with Gasteiger partial charge in [-0.25, -0.2) is 9.97 Å². The topological polar surface area (TPSA) is 59.0 Å². The Balaban J connectivity index is 1.58. The van der Waals surface area contributed by atoms with Crippen LogP contribution in [0.2, 0.25) is 0 Å². The molecule has 31 heavy (non-hydrogen) atoms. The van der Waals surface area contributed by atoms with Gasteiger partial charge in [-0.3, -0.25) is 14.7 Å². The summed E-state index contributed by atoms with van der Waals surface area (Å²) < 4.78 is 1.07. The number of aryl methyl sites for hydroxylation is 1. The van der Waals surface area contributed by atoms with Crippen LogP contribution >= 0.6 is 11.3 Å². The zero-order valence-electron chi connectivity index (χ0n) is 17.0. The third-order valence-electron chi connectivity index (χ3n) is 5.18. The summed E-state index contributed by atoms with van der Waals surface area (Å²) >= 11 is 1.53. The zero-order valence-corrected chi connectivity index (χ0v) is 17.8. The van der Waals surface area contributed by atoms with Crippen LogP contribution in [0, 0.1) is 0 Å². The van der Waals surface area contributed by atoms with Gasteiger partial charge in [0.15, 0.2) is 5.13 Å². The van der Waals surface area contributed by atoms with E-state index >= 15 is 0 Å². The molecule has 2 heterocycles. The van der Waals surface area contributed by atoms with Gasteiger partial charge >= 0.3 is 0 Å². The Hall–Kier alpha value is -3.64. The molecule has 0 aliphatic heterocycles. The number of carbonyl (C=O) groups is 1. The molecule has 3 aromatic carbocycles. The molecule has 0 atom stereocenters. The fourth-order valence-corrected chi connectivity index (χ4v) is 4.51. The predicted molar refractivity (Wildman–Crippen MR) is 125 cm³/mol. The molecule has 0 saturated heterocycles. The van der Waals surface area contributed by atoms with E-state index in [0.717, 1.165) is 27.7 Å². The van der Waals surface area contributed by atoms with E-state index in [4.69, 9.17) is 4.98 Å². The first kappa shape index (κ1) is 19.3. The van der Waals surface area contributed by atoms with E-state index in [9.17, 15) is 4.79 Å². The first-order valence-electron chi connectivity index (χ1n) is 10.2. The summed E-state index contributed by atoms with van der Waals surface area (Å²) in [6.07, 6.45) is 2.51. The summed E-state index contributed by atoms with van der Waals surface area (Å²) in [5.74, 6) is -0.211. The standard InChI is InChI=1S/C25H20N4OS/c1-2-17-12-13-21-23(14-17)31-25(28-21)29(16-18-8-4-3-5-9-18)24(30)22-15-26-19-10-6-7-11-20(19)27-22/h3-15H,2,16H2,1H3. The van der Waals surface area contributed by atoms with Crippen molar-refractivity contribution in [3.05, 3.63) is 95.8 Å². The number of thiazole rings is 1. The van der Waals surface area contributed by atoms with E-state index in [2.05, 4.69) is 29.0 Å². The van der Waals surface area contributed by atoms with E-state index in [1.165, 1.54) is 16.9 Å². The maximum Gasteiger partial charge on any atom is 0.280 e. The van der Waals surface area contributed by atoms with Gasteiger partial charge in [-0.2, -0.15) is 0 Å². The van der Waals surface area contributed by atoms with Gasteiger partial charge in [0.05, 0.1) is 34.0 Å². The van der Waals surface area contributed by atoms with Crippen LogP contribution in [0.25, 0.3) is 21.3 Å². The SMILES string of the molecule is CCc1ccc2nc(N(Cc3ccccc3)C(=O)c3cnc4ccccc4n3)sc2c1. The molecule has 152 valence electrons. The van der Waals surface area contributed by atoms with Gasteiger partial charge in [0.1, 0.15) is 5.69 Å². The van der Waals surface area contributed by atoms with Crippen molar-refractivity contribution < 1.29 is 4.79 Å². The number of anilines is 1. The molecule has 0 radical (unpaired) electrons. The number of benzene rings is 3. The maximum atomic E-state index is 13.6. The number of rotatable bonds is 5. The first-order valence-corrected chi connectivity index (χ1v) is 11.0. The van der Waals surface area contributed by atoms with E-state index in [1.807, 2.05) is 60.7 Å². The molecule has 0 spiro atoms. The predicted octanol–water partition coefficient (Wildman–Crippen LogP) is 5.65. The number of amides is 1. The van der Waals surface area contributed by atoms with Crippen molar-refractivity contribution in [1.29, 1.82) is 0 Å². The third-order valence-corrected chi connectivity index (χ3v) is 6.22. The Morgan fingerprint density at radius 2 is 1.65 bits per heavy atom. The van der Waals surface area contributed by atoms with Crippen LogP contribution in [0.1, 0.15) is 28.5 Å². The third kappa shape index (κ3) is 3.90. The summed E-state index contributed by atoms with van der Waals surface area (Å²) in [4.78, 5) is 29.0. The zero-order chi connectivity index (χ0) is 21.2. The minimum absolute atomic E-state index is 0.211. The van der Waals surface area contributed by atoms with Crippen molar-refractivity contribution >= 4 is 43.6 Å². The normalized spacial score (nSPS) is 11.1. The molecule has 0 aliphatic rings. The average molecular weight is 425 g/mol. The lowest BCUT2D eigenvalue weighted by atomic mass is 10.2. The first-order chi connectivity index (χ1) is 15.2. The highest BCUT2D eigenvalue weighted by Gasteiger charge is 2.23. The van der Waals surface area contributed by atoms with E-state index in [0.29, 0.717) is 22.9 Å². The van der Waals surface area contributed by atoms with Crippen LogP contribution < -0.4 is 4.90 Å². The van der Waals surface area contributed by atoms with Crippen molar-refractivity contribution in [3.63, 3.8) is 0 Å². The van der Waals surface area contributed by atoms with Gasteiger partial charge in [-0.1, -0.05) is 66.8 Å². The number of nitrogens with zero attached hydrogens (tertiary/aromatic N) is 4. The molecule has 0 bridgehead atoms. The number of fused-ring (bicyclic) bond motifs is 2. The van der Waals surface area contributed by atoms with Crippen molar-refractivity contribution in [3.8, 4) is 0 Å². The summed E-state index contributed by atoms with van der Waals surface area (Å²) in [5.41, 5.74) is 4.95. The van der Waals surface area contributed by atoms with Gasteiger partial charge in [0, 0.05) is 0 Å². The van der Waals surface area contributed by atoms with Gasteiger partial charge in [0.2, 0.25) is 0 Å². The lowest BCUT2D eigenvalue weighted by molar-refractivity contribution is 0.0980. The van der Waals surface area contributed by atoms with Crippen LogP contribution in [0.5, 0.6) is 0 Å². The summed E-state index contributed by atoms with van der Waals surface area (Å²) in [7, 11) is 0. The van der Waals surface area contributed by atoms with E-state index in [1.54, 1.807) is 11.1 Å². The number of aromatic nitrogens is 3. The smallest absolute Gasteiger partial charge is 0.278 e. The minimum Gasteiger partial charge on any atom is -0.278 e. The largest absolute Gasteiger partial charge is 0.280 e. The second-order valence-corrected chi connectivity index (χ2v) is 8.28. The van der Waals surface area contributed by atoms with Crippen LogP contribution in [-0.4, -0.2) is 20.9 Å². The average Bonchev–Trinajstić information content (AvgIpc) is 3.25. The maximum absolute atomic E-state index is 13.6. The van der Waals surface area contributed by atoms with E-state index < -0.39 is 0 Å².